The molecule has 180 valence electrons. The second kappa shape index (κ2) is 12.0. The second-order valence-corrected chi connectivity index (χ2v) is 9.56. The summed E-state index contributed by atoms with van der Waals surface area (Å²) >= 11 is 0. The van der Waals surface area contributed by atoms with Crippen molar-refractivity contribution >= 4 is 11.7 Å². The lowest BCUT2D eigenvalue weighted by molar-refractivity contribution is 0.172. The van der Waals surface area contributed by atoms with Crippen molar-refractivity contribution in [1.82, 2.24) is 5.32 Å². The van der Waals surface area contributed by atoms with Crippen LogP contribution in [0.1, 0.15) is 101 Å². The minimum absolute atomic E-state index is 0.143. The van der Waals surface area contributed by atoms with Gasteiger partial charge in [-0.05, 0) is 47.8 Å². The Balaban J connectivity index is 1.66. The van der Waals surface area contributed by atoms with Crippen molar-refractivity contribution in [2.24, 2.45) is 0 Å². The van der Waals surface area contributed by atoms with Crippen molar-refractivity contribution in [1.29, 1.82) is 0 Å². The predicted molar refractivity (Wildman–Crippen MR) is 136 cm³/mol. The number of unbranched alkanes of at least 4 members (excludes halogenated alkanes) is 2. The molecule has 0 saturated heterocycles. The molecule has 1 heterocycles. The lowest BCUT2D eigenvalue weighted by Gasteiger charge is -2.21. The summed E-state index contributed by atoms with van der Waals surface area (Å²) in [4.78, 5) is 12.9. The standard InChI is InChI=1S/C28H40N2O3/c1-6-7-8-11-21(24-14-10-15-25-27(24)33-18-32-25)16-17-29-28(31)30-26-22(19(2)3)12-9-13-23(26)20(4)5/h9-10,12-15,19-21H,6-8,11,16-18H2,1-5H3,(H2,29,30,31). The van der Waals surface area contributed by atoms with E-state index in [4.69, 9.17) is 9.47 Å². The van der Waals surface area contributed by atoms with Gasteiger partial charge in [-0.1, -0.05) is 84.2 Å². The lowest BCUT2D eigenvalue weighted by atomic mass is 9.89. The van der Waals surface area contributed by atoms with Gasteiger partial charge in [0.15, 0.2) is 11.5 Å². The molecular weight excluding hydrogens is 412 g/mol. The highest BCUT2D eigenvalue weighted by molar-refractivity contribution is 5.91. The average Bonchev–Trinajstić information content (AvgIpc) is 3.27. The molecule has 1 unspecified atom stereocenters. The van der Waals surface area contributed by atoms with Gasteiger partial charge >= 0.3 is 6.03 Å². The monoisotopic (exact) mass is 452 g/mol. The molecule has 2 aromatic rings. The number of anilines is 1. The van der Waals surface area contributed by atoms with Crippen LogP contribution in [0.4, 0.5) is 10.5 Å². The molecule has 33 heavy (non-hydrogen) atoms. The van der Waals surface area contributed by atoms with Crippen LogP contribution in [0.3, 0.4) is 0 Å². The molecule has 5 heteroatoms. The number of hydrogen-bond acceptors (Lipinski definition) is 3. The Morgan fingerprint density at radius 3 is 2.24 bits per heavy atom. The first kappa shape index (κ1) is 24.9. The first-order valence-electron chi connectivity index (χ1n) is 12.5. The summed E-state index contributed by atoms with van der Waals surface area (Å²) in [5, 5.41) is 6.25. The quantitative estimate of drug-likeness (QED) is 0.346. The molecule has 1 aliphatic rings. The summed E-state index contributed by atoms with van der Waals surface area (Å²) < 4.78 is 11.4. The van der Waals surface area contributed by atoms with Gasteiger partial charge in [0.1, 0.15) is 0 Å². The van der Waals surface area contributed by atoms with E-state index in [0.717, 1.165) is 36.4 Å². The molecule has 0 radical (unpaired) electrons. The van der Waals surface area contributed by atoms with Gasteiger partial charge in [0.05, 0.1) is 0 Å². The SMILES string of the molecule is CCCCCC(CCNC(=O)Nc1c(C(C)C)cccc1C(C)C)c1cccc2c1OCO2. The number of para-hydroxylation sites is 2. The third-order valence-electron chi connectivity index (χ3n) is 6.41. The van der Waals surface area contributed by atoms with Crippen LogP contribution in [0.25, 0.3) is 0 Å². The number of amides is 2. The minimum atomic E-state index is -0.143. The van der Waals surface area contributed by atoms with Gasteiger partial charge in [-0.3, -0.25) is 0 Å². The van der Waals surface area contributed by atoms with E-state index in [1.165, 1.54) is 29.5 Å². The number of hydrogen-bond donors (Lipinski definition) is 2. The van der Waals surface area contributed by atoms with E-state index in [0.29, 0.717) is 24.3 Å². The van der Waals surface area contributed by atoms with Gasteiger partial charge in [0.2, 0.25) is 6.79 Å². The fourth-order valence-corrected chi connectivity index (χ4v) is 4.58. The molecule has 1 aliphatic heterocycles. The minimum Gasteiger partial charge on any atom is -0.454 e. The van der Waals surface area contributed by atoms with E-state index in [1.54, 1.807) is 0 Å². The maximum atomic E-state index is 12.9. The Morgan fingerprint density at radius 1 is 0.909 bits per heavy atom. The van der Waals surface area contributed by atoms with Crippen molar-refractivity contribution in [2.75, 3.05) is 18.7 Å². The molecule has 0 aliphatic carbocycles. The average molecular weight is 453 g/mol. The molecule has 0 fully saturated rings. The van der Waals surface area contributed by atoms with E-state index < -0.39 is 0 Å². The molecule has 2 amide bonds. The van der Waals surface area contributed by atoms with Gasteiger partial charge in [0.25, 0.3) is 0 Å². The number of fused-ring (bicyclic) bond motifs is 1. The summed E-state index contributed by atoms with van der Waals surface area (Å²) in [6, 6.07) is 12.3. The Morgan fingerprint density at radius 2 is 1.58 bits per heavy atom. The number of benzene rings is 2. The van der Waals surface area contributed by atoms with Crippen molar-refractivity contribution in [3.8, 4) is 11.5 Å². The van der Waals surface area contributed by atoms with Crippen molar-refractivity contribution in [3.05, 3.63) is 53.1 Å². The first-order chi connectivity index (χ1) is 15.9. The molecule has 0 aromatic heterocycles. The molecule has 2 N–H and O–H groups in total. The van der Waals surface area contributed by atoms with Gasteiger partial charge in [-0.15, -0.1) is 0 Å². The van der Waals surface area contributed by atoms with Crippen molar-refractivity contribution in [3.63, 3.8) is 0 Å². The smallest absolute Gasteiger partial charge is 0.319 e. The van der Waals surface area contributed by atoms with E-state index in [-0.39, 0.29) is 12.8 Å². The van der Waals surface area contributed by atoms with Crippen LogP contribution in [0.2, 0.25) is 0 Å². The molecule has 3 rings (SSSR count). The third-order valence-corrected chi connectivity index (χ3v) is 6.41. The Labute approximate surface area is 199 Å². The molecule has 1 atom stereocenters. The summed E-state index contributed by atoms with van der Waals surface area (Å²) in [5.41, 5.74) is 4.48. The number of rotatable bonds is 11. The summed E-state index contributed by atoms with van der Waals surface area (Å²) in [7, 11) is 0. The first-order valence-corrected chi connectivity index (χ1v) is 12.5. The fraction of sp³-hybridized carbons (Fsp3) is 0.536. The van der Waals surface area contributed by atoms with Crippen LogP contribution < -0.4 is 20.1 Å². The number of carbonyl (C=O) groups excluding carboxylic acids is 1. The normalized spacial score (nSPS) is 13.4. The van der Waals surface area contributed by atoms with Crippen LogP contribution in [0.15, 0.2) is 36.4 Å². The van der Waals surface area contributed by atoms with E-state index in [1.807, 2.05) is 12.1 Å². The molecule has 0 spiro atoms. The number of nitrogens with one attached hydrogen (secondary N) is 2. The maximum Gasteiger partial charge on any atom is 0.319 e. The predicted octanol–water partition coefficient (Wildman–Crippen LogP) is 7.54. The second-order valence-electron chi connectivity index (χ2n) is 9.56. The number of ether oxygens (including phenoxy) is 2. The Kier molecular flexibility index (Phi) is 9.04. The van der Waals surface area contributed by atoms with Crippen LogP contribution in [-0.4, -0.2) is 19.4 Å². The Bertz CT molecular complexity index is 897. The highest BCUT2D eigenvalue weighted by Gasteiger charge is 2.23. The number of urea groups is 1. The molecular formula is C28H40N2O3. The van der Waals surface area contributed by atoms with Crippen LogP contribution >= 0.6 is 0 Å². The molecule has 0 saturated carbocycles. The highest BCUT2D eigenvalue weighted by Crippen LogP contribution is 2.41. The van der Waals surface area contributed by atoms with Crippen LogP contribution in [-0.2, 0) is 0 Å². The van der Waals surface area contributed by atoms with Crippen molar-refractivity contribution < 1.29 is 14.3 Å². The molecule has 0 bridgehead atoms. The fourth-order valence-electron chi connectivity index (χ4n) is 4.58. The van der Waals surface area contributed by atoms with E-state index in [2.05, 4.69) is 69.5 Å². The molecule has 5 nitrogen and oxygen atoms in total. The molecule has 2 aromatic carbocycles. The van der Waals surface area contributed by atoms with Gasteiger partial charge < -0.3 is 20.1 Å². The van der Waals surface area contributed by atoms with E-state index >= 15 is 0 Å². The Hall–Kier alpha value is -2.69. The van der Waals surface area contributed by atoms with Crippen molar-refractivity contribution in [2.45, 2.75) is 84.5 Å². The number of carbonyl (C=O) groups is 1. The van der Waals surface area contributed by atoms with Gasteiger partial charge in [-0.2, -0.15) is 0 Å². The van der Waals surface area contributed by atoms with Crippen LogP contribution in [0, 0.1) is 0 Å². The summed E-state index contributed by atoms with van der Waals surface area (Å²) in [6.07, 6.45) is 5.50. The summed E-state index contributed by atoms with van der Waals surface area (Å²) in [6.45, 7) is 11.7. The zero-order valence-electron chi connectivity index (χ0n) is 20.9. The zero-order valence-corrected chi connectivity index (χ0v) is 20.9. The summed E-state index contributed by atoms with van der Waals surface area (Å²) in [5.74, 6) is 2.69. The topological polar surface area (TPSA) is 59.6 Å². The zero-order chi connectivity index (χ0) is 23.8. The largest absolute Gasteiger partial charge is 0.454 e. The lowest BCUT2D eigenvalue weighted by Crippen LogP contribution is -2.31. The van der Waals surface area contributed by atoms with Gasteiger partial charge in [-0.25, -0.2) is 4.79 Å². The van der Waals surface area contributed by atoms with Gasteiger partial charge in [0, 0.05) is 17.8 Å². The third kappa shape index (κ3) is 6.43. The van der Waals surface area contributed by atoms with E-state index in [9.17, 15) is 4.79 Å². The maximum absolute atomic E-state index is 12.9. The van der Waals surface area contributed by atoms with Crippen LogP contribution in [0.5, 0.6) is 11.5 Å². The highest BCUT2D eigenvalue weighted by atomic mass is 16.7.